The van der Waals surface area contributed by atoms with E-state index in [0.29, 0.717) is 16.8 Å². The van der Waals surface area contributed by atoms with E-state index < -0.39 is 0 Å². The first-order valence-electron chi connectivity index (χ1n) is 9.15. The topological polar surface area (TPSA) is 84.2 Å². The highest BCUT2D eigenvalue weighted by atomic mass is 16.2. The Morgan fingerprint density at radius 1 is 0.808 bits per heavy atom. The van der Waals surface area contributed by atoms with Gasteiger partial charge in [0, 0.05) is 16.8 Å². The number of unbranched alkanes of at least 4 members (excludes halogenated alkanes) is 4. The summed E-state index contributed by atoms with van der Waals surface area (Å²) < 4.78 is 0. The highest BCUT2D eigenvalue weighted by Gasteiger charge is 2.07. The number of carbonyl (C=O) groups excluding carboxylic acids is 2. The number of nitrogens with two attached hydrogens (primary N) is 1. The van der Waals surface area contributed by atoms with Crippen molar-refractivity contribution in [1.29, 1.82) is 0 Å². The van der Waals surface area contributed by atoms with Gasteiger partial charge in [-0.2, -0.15) is 0 Å². The second-order valence-electron chi connectivity index (χ2n) is 6.37. The lowest BCUT2D eigenvalue weighted by atomic mass is 10.0. The molecule has 0 aliphatic carbocycles. The SMILES string of the molecule is CCCCCCCc1ccc(C(=O)Nc2ccc(C(=O)NN)cc2)cc1. The Balaban J connectivity index is 1.86. The maximum absolute atomic E-state index is 12.3. The van der Waals surface area contributed by atoms with Crippen LogP contribution in [-0.2, 0) is 6.42 Å². The number of rotatable bonds is 9. The molecule has 0 radical (unpaired) electrons. The quantitative estimate of drug-likeness (QED) is 0.275. The van der Waals surface area contributed by atoms with Gasteiger partial charge in [-0.1, -0.05) is 44.7 Å². The summed E-state index contributed by atoms with van der Waals surface area (Å²) in [6.45, 7) is 2.22. The van der Waals surface area contributed by atoms with Crippen LogP contribution in [0.25, 0.3) is 0 Å². The van der Waals surface area contributed by atoms with Crippen molar-refractivity contribution in [3.8, 4) is 0 Å². The van der Waals surface area contributed by atoms with Gasteiger partial charge in [-0.15, -0.1) is 0 Å². The van der Waals surface area contributed by atoms with E-state index in [1.54, 1.807) is 24.3 Å². The van der Waals surface area contributed by atoms with Crippen molar-refractivity contribution in [2.24, 2.45) is 5.84 Å². The predicted molar refractivity (Wildman–Crippen MR) is 105 cm³/mol. The van der Waals surface area contributed by atoms with Crippen LogP contribution in [-0.4, -0.2) is 11.8 Å². The third kappa shape index (κ3) is 6.01. The number of benzene rings is 2. The van der Waals surface area contributed by atoms with Crippen LogP contribution >= 0.6 is 0 Å². The Bertz CT molecular complexity index is 709. The van der Waals surface area contributed by atoms with Crippen molar-refractivity contribution < 1.29 is 9.59 Å². The molecule has 4 N–H and O–H groups in total. The van der Waals surface area contributed by atoms with Crippen molar-refractivity contribution >= 4 is 17.5 Å². The van der Waals surface area contributed by atoms with Crippen molar-refractivity contribution in [3.63, 3.8) is 0 Å². The van der Waals surface area contributed by atoms with Gasteiger partial charge in [-0.05, 0) is 54.8 Å². The molecule has 2 aromatic carbocycles. The first-order valence-corrected chi connectivity index (χ1v) is 9.15. The van der Waals surface area contributed by atoms with E-state index in [4.69, 9.17) is 5.84 Å². The molecule has 0 heterocycles. The van der Waals surface area contributed by atoms with Crippen molar-refractivity contribution in [3.05, 3.63) is 65.2 Å². The Kier molecular flexibility index (Phi) is 7.83. The van der Waals surface area contributed by atoms with E-state index >= 15 is 0 Å². The number of aryl methyl sites for hydroxylation is 1. The minimum absolute atomic E-state index is 0.171. The van der Waals surface area contributed by atoms with Crippen LogP contribution in [0.15, 0.2) is 48.5 Å². The number of hydrazine groups is 1. The molecule has 138 valence electrons. The van der Waals surface area contributed by atoms with E-state index in [1.165, 1.54) is 37.7 Å². The standard InChI is InChI=1S/C21H27N3O2/c1-2-3-4-5-6-7-16-8-10-17(11-9-16)20(25)23-19-14-12-18(13-15-19)21(26)24-22/h8-15H,2-7,22H2,1H3,(H,23,25)(H,24,26). The summed E-state index contributed by atoms with van der Waals surface area (Å²) in [5, 5.41) is 2.83. The Morgan fingerprint density at radius 2 is 1.38 bits per heavy atom. The first-order chi connectivity index (χ1) is 12.6. The molecule has 0 aliphatic rings. The zero-order valence-corrected chi connectivity index (χ0v) is 15.3. The van der Waals surface area contributed by atoms with Crippen LogP contribution < -0.4 is 16.6 Å². The van der Waals surface area contributed by atoms with E-state index in [0.717, 1.165) is 6.42 Å². The first kappa shape index (κ1) is 19.7. The summed E-state index contributed by atoms with van der Waals surface area (Å²) in [7, 11) is 0. The zero-order chi connectivity index (χ0) is 18.8. The Morgan fingerprint density at radius 3 is 2.00 bits per heavy atom. The van der Waals surface area contributed by atoms with E-state index in [1.807, 2.05) is 24.3 Å². The number of nitrogens with one attached hydrogen (secondary N) is 2. The molecule has 0 aliphatic heterocycles. The zero-order valence-electron chi connectivity index (χ0n) is 15.3. The minimum Gasteiger partial charge on any atom is -0.322 e. The molecule has 5 nitrogen and oxygen atoms in total. The molecule has 0 aromatic heterocycles. The third-order valence-corrected chi connectivity index (χ3v) is 4.32. The van der Waals surface area contributed by atoms with Gasteiger partial charge in [0.2, 0.25) is 0 Å². The fraction of sp³-hybridized carbons (Fsp3) is 0.333. The average Bonchev–Trinajstić information content (AvgIpc) is 2.68. The molecule has 0 atom stereocenters. The van der Waals surface area contributed by atoms with Gasteiger partial charge in [0.25, 0.3) is 11.8 Å². The van der Waals surface area contributed by atoms with Crippen molar-refractivity contribution in [2.45, 2.75) is 45.4 Å². The summed E-state index contributed by atoms with van der Waals surface area (Å²) in [6.07, 6.45) is 7.35. The number of hydrogen-bond donors (Lipinski definition) is 3. The number of carbonyl (C=O) groups is 2. The summed E-state index contributed by atoms with van der Waals surface area (Å²) in [4.78, 5) is 23.7. The molecule has 0 saturated carbocycles. The van der Waals surface area contributed by atoms with Crippen LogP contribution in [0.2, 0.25) is 0 Å². The fourth-order valence-electron chi connectivity index (χ4n) is 2.75. The lowest BCUT2D eigenvalue weighted by molar-refractivity contribution is 0.0953. The van der Waals surface area contributed by atoms with Gasteiger partial charge in [0.15, 0.2) is 0 Å². The molecule has 0 saturated heterocycles. The van der Waals surface area contributed by atoms with Gasteiger partial charge < -0.3 is 5.32 Å². The van der Waals surface area contributed by atoms with Gasteiger partial charge >= 0.3 is 0 Å². The summed E-state index contributed by atoms with van der Waals surface area (Å²) in [5.74, 6) is 4.56. The maximum atomic E-state index is 12.3. The minimum atomic E-state index is -0.367. The van der Waals surface area contributed by atoms with Crippen molar-refractivity contribution in [2.75, 3.05) is 5.32 Å². The molecule has 2 amide bonds. The average molecular weight is 353 g/mol. The van der Waals surface area contributed by atoms with E-state index in [9.17, 15) is 9.59 Å². The second kappa shape index (κ2) is 10.4. The maximum Gasteiger partial charge on any atom is 0.265 e. The van der Waals surface area contributed by atoms with Gasteiger partial charge in [-0.25, -0.2) is 5.84 Å². The van der Waals surface area contributed by atoms with Crippen LogP contribution in [0.4, 0.5) is 5.69 Å². The summed E-state index contributed by atoms with van der Waals surface area (Å²) in [6, 6.07) is 14.3. The number of amides is 2. The van der Waals surface area contributed by atoms with Crippen molar-refractivity contribution in [1.82, 2.24) is 5.43 Å². The monoisotopic (exact) mass is 353 g/mol. The Hall–Kier alpha value is -2.66. The van der Waals surface area contributed by atoms with Crippen LogP contribution in [0, 0.1) is 0 Å². The lowest BCUT2D eigenvalue weighted by Crippen LogP contribution is -2.29. The van der Waals surface area contributed by atoms with Gasteiger partial charge in [0.1, 0.15) is 0 Å². The normalized spacial score (nSPS) is 10.4. The predicted octanol–water partition coefficient (Wildman–Crippen LogP) is 4.06. The lowest BCUT2D eigenvalue weighted by Gasteiger charge is -2.07. The summed E-state index contributed by atoms with van der Waals surface area (Å²) >= 11 is 0. The summed E-state index contributed by atoms with van der Waals surface area (Å²) in [5.41, 5.74) is 5.01. The van der Waals surface area contributed by atoms with Crippen LogP contribution in [0.5, 0.6) is 0 Å². The molecule has 5 heteroatoms. The third-order valence-electron chi connectivity index (χ3n) is 4.32. The molecule has 0 unspecified atom stereocenters. The Labute approximate surface area is 155 Å². The molecule has 2 aromatic rings. The molecule has 2 rings (SSSR count). The molecular formula is C21H27N3O2. The second-order valence-corrected chi connectivity index (χ2v) is 6.37. The van der Waals surface area contributed by atoms with E-state index in [-0.39, 0.29) is 11.8 Å². The number of anilines is 1. The number of hydrogen-bond acceptors (Lipinski definition) is 3. The molecule has 0 fully saturated rings. The van der Waals surface area contributed by atoms with Crippen LogP contribution in [0.1, 0.15) is 65.3 Å². The molecular weight excluding hydrogens is 326 g/mol. The fourth-order valence-corrected chi connectivity index (χ4v) is 2.75. The molecule has 26 heavy (non-hydrogen) atoms. The van der Waals surface area contributed by atoms with E-state index in [2.05, 4.69) is 17.7 Å². The number of nitrogen functional groups attached to an aromatic ring is 1. The van der Waals surface area contributed by atoms with Gasteiger partial charge in [0.05, 0.1) is 0 Å². The van der Waals surface area contributed by atoms with Crippen LogP contribution in [0.3, 0.4) is 0 Å². The molecule has 0 bridgehead atoms. The smallest absolute Gasteiger partial charge is 0.265 e. The highest BCUT2D eigenvalue weighted by Crippen LogP contribution is 2.14. The van der Waals surface area contributed by atoms with Gasteiger partial charge in [-0.3, -0.25) is 15.0 Å². The highest BCUT2D eigenvalue weighted by molar-refractivity contribution is 6.04. The molecule has 0 spiro atoms. The largest absolute Gasteiger partial charge is 0.322 e.